The van der Waals surface area contributed by atoms with Crippen molar-refractivity contribution in [3.8, 4) is 0 Å². The first-order valence-corrected chi connectivity index (χ1v) is 7.40. The summed E-state index contributed by atoms with van der Waals surface area (Å²) in [6, 6.07) is -0.431. The maximum absolute atomic E-state index is 12.7. The molecule has 2 rings (SSSR count). The van der Waals surface area contributed by atoms with Gasteiger partial charge in [-0.15, -0.1) is 0 Å². The summed E-state index contributed by atoms with van der Waals surface area (Å²) in [7, 11) is 0. The fraction of sp³-hybridized carbons (Fsp3) is 0.857. The summed E-state index contributed by atoms with van der Waals surface area (Å²) in [5, 5.41) is 6.11. The van der Waals surface area contributed by atoms with Gasteiger partial charge in [-0.1, -0.05) is 6.92 Å². The van der Waals surface area contributed by atoms with Crippen LogP contribution in [-0.2, 0) is 14.3 Å². The van der Waals surface area contributed by atoms with Crippen molar-refractivity contribution in [1.82, 2.24) is 15.5 Å². The first kappa shape index (κ1) is 15.3. The summed E-state index contributed by atoms with van der Waals surface area (Å²) in [5.41, 5.74) is 0. The molecule has 0 bridgehead atoms. The van der Waals surface area contributed by atoms with Gasteiger partial charge in [-0.25, -0.2) is 0 Å². The van der Waals surface area contributed by atoms with E-state index in [9.17, 15) is 9.59 Å². The Labute approximate surface area is 120 Å². The van der Waals surface area contributed by atoms with Crippen molar-refractivity contribution in [3.63, 3.8) is 0 Å². The lowest BCUT2D eigenvalue weighted by Gasteiger charge is -2.37. The molecule has 3 atom stereocenters. The Kier molecular flexibility index (Phi) is 4.99. The molecule has 0 radical (unpaired) electrons. The number of morpholine rings is 1. The summed E-state index contributed by atoms with van der Waals surface area (Å²) >= 11 is 0. The van der Waals surface area contributed by atoms with Crippen LogP contribution in [0.15, 0.2) is 0 Å². The van der Waals surface area contributed by atoms with Crippen LogP contribution in [0.25, 0.3) is 0 Å². The highest BCUT2D eigenvalue weighted by Crippen LogP contribution is 2.21. The smallest absolute Gasteiger partial charge is 0.245 e. The first-order chi connectivity index (χ1) is 9.50. The van der Waals surface area contributed by atoms with Gasteiger partial charge in [-0.05, 0) is 26.3 Å². The molecule has 2 heterocycles. The van der Waals surface area contributed by atoms with Crippen molar-refractivity contribution in [1.29, 1.82) is 0 Å². The molecule has 0 aromatic carbocycles. The fourth-order valence-electron chi connectivity index (χ4n) is 2.82. The predicted molar refractivity (Wildman–Crippen MR) is 75.1 cm³/mol. The van der Waals surface area contributed by atoms with E-state index in [2.05, 4.69) is 17.6 Å². The molecular formula is C14H25N3O3. The molecule has 6 heteroatoms. The first-order valence-electron chi connectivity index (χ1n) is 7.40. The van der Waals surface area contributed by atoms with Crippen LogP contribution in [0.1, 0.15) is 20.8 Å². The van der Waals surface area contributed by atoms with E-state index >= 15 is 0 Å². The van der Waals surface area contributed by atoms with Gasteiger partial charge in [-0.2, -0.15) is 0 Å². The zero-order chi connectivity index (χ0) is 14.7. The molecule has 0 spiro atoms. The molecule has 0 aliphatic carbocycles. The van der Waals surface area contributed by atoms with Gasteiger partial charge in [0.1, 0.15) is 6.04 Å². The normalized spacial score (nSPS) is 30.6. The Balaban J connectivity index is 2.06. The van der Waals surface area contributed by atoms with Gasteiger partial charge in [0.2, 0.25) is 11.8 Å². The zero-order valence-electron chi connectivity index (χ0n) is 12.5. The molecule has 0 aromatic rings. The van der Waals surface area contributed by atoms with Crippen LogP contribution < -0.4 is 10.6 Å². The van der Waals surface area contributed by atoms with E-state index in [4.69, 9.17) is 4.74 Å². The Morgan fingerprint density at radius 1 is 1.35 bits per heavy atom. The molecule has 2 fully saturated rings. The van der Waals surface area contributed by atoms with E-state index < -0.39 is 6.04 Å². The molecule has 3 unspecified atom stereocenters. The van der Waals surface area contributed by atoms with E-state index in [-0.39, 0.29) is 23.8 Å². The number of nitrogens with zero attached hydrogens (tertiary/aromatic N) is 1. The second-order valence-corrected chi connectivity index (χ2v) is 6.03. The Bertz CT molecular complexity index is 373. The molecule has 2 aliphatic heterocycles. The van der Waals surface area contributed by atoms with Gasteiger partial charge in [0.25, 0.3) is 0 Å². The van der Waals surface area contributed by atoms with Crippen LogP contribution in [0.3, 0.4) is 0 Å². The SMILES string of the molecule is CC(C)NC(=O)C1COCCN1C(=O)C1CNCC1C. The summed E-state index contributed by atoms with van der Waals surface area (Å²) in [4.78, 5) is 26.6. The van der Waals surface area contributed by atoms with Crippen LogP contribution in [-0.4, -0.2) is 61.6 Å². The summed E-state index contributed by atoms with van der Waals surface area (Å²) < 4.78 is 5.38. The minimum atomic E-state index is -0.494. The zero-order valence-corrected chi connectivity index (χ0v) is 12.5. The van der Waals surface area contributed by atoms with E-state index in [0.29, 0.717) is 32.2 Å². The number of nitrogens with one attached hydrogen (secondary N) is 2. The quantitative estimate of drug-likeness (QED) is 0.739. The van der Waals surface area contributed by atoms with Crippen LogP contribution in [0.2, 0.25) is 0 Å². The second-order valence-electron chi connectivity index (χ2n) is 6.03. The average molecular weight is 283 g/mol. The highest BCUT2D eigenvalue weighted by atomic mass is 16.5. The van der Waals surface area contributed by atoms with Gasteiger partial charge < -0.3 is 20.3 Å². The maximum atomic E-state index is 12.7. The molecule has 2 saturated heterocycles. The summed E-state index contributed by atoms with van der Waals surface area (Å²) in [5.74, 6) is 0.253. The lowest BCUT2D eigenvalue weighted by molar-refractivity contribution is -0.152. The molecule has 0 saturated carbocycles. The Morgan fingerprint density at radius 2 is 2.10 bits per heavy atom. The van der Waals surface area contributed by atoms with Gasteiger partial charge in [0.15, 0.2) is 0 Å². The van der Waals surface area contributed by atoms with Crippen LogP contribution in [0.4, 0.5) is 0 Å². The molecule has 20 heavy (non-hydrogen) atoms. The van der Waals surface area contributed by atoms with Crippen molar-refractivity contribution in [2.45, 2.75) is 32.9 Å². The molecule has 6 nitrogen and oxygen atoms in total. The highest BCUT2D eigenvalue weighted by Gasteiger charge is 2.39. The monoisotopic (exact) mass is 283 g/mol. The van der Waals surface area contributed by atoms with Crippen molar-refractivity contribution in [2.75, 3.05) is 32.8 Å². The van der Waals surface area contributed by atoms with Crippen LogP contribution >= 0.6 is 0 Å². The number of carbonyl (C=O) groups is 2. The van der Waals surface area contributed by atoms with Gasteiger partial charge in [-0.3, -0.25) is 9.59 Å². The summed E-state index contributed by atoms with van der Waals surface area (Å²) in [6.07, 6.45) is 0. The van der Waals surface area contributed by atoms with Crippen molar-refractivity contribution < 1.29 is 14.3 Å². The minimum absolute atomic E-state index is 0.0255. The maximum Gasteiger partial charge on any atom is 0.245 e. The van der Waals surface area contributed by atoms with Crippen LogP contribution in [0.5, 0.6) is 0 Å². The van der Waals surface area contributed by atoms with Crippen LogP contribution in [0, 0.1) is 11.8 Å². The standard InChI is InChI=1S/C14H25N3O3/c1-9(2)16-13(18)12-8-20-5-4-17(12)14(19)11-7-15-6-10(11)3/h9-12,15H,4-8H2,1-3H3,(H,16,18). The second kappa shape index (κ2) is 6.54. The lowest BCUT2D eigenvalue weighted by atomic mass is 9.95. The van der Waals surface area contributed by atoms with E-state index in [0.717, 1.165) is 6.54 Å². The number of hydrogen-bond acceptors (Lipinski definition) is 4. The van der Waals surface area contributed by atoms with Crippen molar-refractivity contribution in [3.05, 3.63) is 0 Å². The molecule has 0 aromatic heterocycles. The fourth-order valence-corrected chi connectivity index (χ4v) is 2.82. The highest BCUT2D eigenvalue weighted by molar-refractivity contribution is 5.89. The number of amides is 2. The lowest BCUT2D eigenvalue weighted by Crippen LogP contribution is -2.58. The molecule has 2 amide bonds. The topological polar surface area (TPSA) is 70.7 Å². The molecule has 2 N–H and O–H groups in total. The number of carbonyl (C=O) groups excluding carboxylic acids is 2. The van der Waals surface area contributed by atoms with E-state index in [1.165, 1.54) is 0 Å². The van der Waals surface area contributed by atoms with Gasteiger partial charge in [0, 0.05) is 19.1 Å². The predicted octanol–water partition coefficient (Wildman–Crippen LogP) is -0.406. The largest absolute Gasteiger partial charge is 0.377 e. The minimum Gasteiger partial charge on any atom is -0.377 e. The Hall–Kier alpha value is -1.14. The third kappa shape index (κ3) is 3.30. The van der Waals surface area contributed by atoms with Crippen molar-refractivity contribution >= 4 is 11.8 Å². The molecular weight excluding hydrogens is 258 g/mol. The number of rotatable bonds is 3. The molecule has 114 valence electrons. The van der Waals surface area contributed by atoms with Crippen molar-refractivity contribution in [2.24, 2.45) is 11.8 Å². The van der Waals surface area contributed by atoms with E-state index in [1.54, 1.807) is 4.90 Å². The Morgan fingerprint density at radius 3 is 2.70 bits per heavy atom. The average Bonchev–Trinajstić information content (AvgIpc) is 2.83. The van der Waals surface area contributed by atoms with E-state index in [1.807, 2.05) is 13.8 Å². The van der Waals surface area contributed by atoms with Gasteiger partial charge in [0.05, 0.1) is 19.1 Å². The number of hydrogen-bond donors (Lipinski definition) is 2. The number of ether oxygens (including phenoxy) is 1. The molecule has 2 aliphatic rings. The third-order valence-corrected chi connectivity index (χ3v) is 3.98. The third-order valence-electron chi connectivity index (χ3n) is 3.98. The van der Waals surface area contributed by atoms with Gasteiger partial charge >= 0.3 is 0 Å². The summed E-state index contributed by atoms with van der Waals surface area (Å²) in [6.45, 7) is 8.77.